The Kier molecular flexibility index (Phi) is 6.29. The third-order valence-corrected chi connectivity index (χ3v) is 3.69. The van der Waals surface area contributed by atoms with Crippen LogP contribution in [0.25, 0.3) is 0 Å². The number of halogens is 1. The van der Waals surface area contributed by atoms with Crippen LogP contribution in [-0.4, -0.2) is 42.9 Å². The molecule has 3 nitrogen and oxygen atoms in total. The monoisotopic (exact) mass is 314 g/mol. The maximum Gasteiger partial charge on any atom is 0.227 e. The number of likely N-dealkylation sites (N-methyl/N-ethyl adjacent to an activating group) is 1. The van der Waals surface area contributed by atoms with E-state index in [4.69, 9.17) is 0 Å². The summed E-state index contributed by atoms with van der Waals surface area (Å²) in [4.78, 5) is 16.5. The van der Waals surface area contributed by atoms with E-state index in [1.165, 1.54) is 6.07 Å². The predicted molar refractivity (Wildman–Crippen MR) is 90.5 cm³/mol. The van der Waals surface area contributed by atoms with E-state index in [1.807, 2.05) is 49.3 Å². The van der Waals surface area contributed by atoms with Crippen molar-refractivity contribution < 1.29 is 9.18 Å². The summed E-state index contributed by atoms with van der Waals surface area (Å²) in [6, 6.07) is 16.3. The van der Waals surface area contributed by atoms with Crippen molar-refractivity contribution in [2.45, 2.75) is 13.0 Å². The van der Waals surface area contributed by atoms with Gasteiger partial charge in [-0.15, -0.1) is 0 Å². The van der Waals surface area contributed by atoms with Gasteiger partial charge in [-0.05, 0) is 31.3 Å². The highest BCUT2D eigenvalue weighted by molar-refractivity contribution is 5.78. The second-order valence-electron chi connectivity index (χ2n) is 5.87. The lowest BCUT2D eigenvalue weighted by molar-refractivity contribution is -0.131. The lowest BCUT2D eigenvalue weighted by atomic mass is 10.1. The van der Waals surface area contributed by atoms with Crippen LogP contribution in [0.15, 0.2) is 54.6 Å². The van der Waals surface area contributed by atoms with Crippen LogP contribution < -0.4 is 0 Å². The first-order valence-electron chi connectivity index (χ1n) is 7.76. The molecule has 0 saturated carbocycles. The SMILES string of the molecule is CN(C)CCN(Cc1ccccc1)C(=O)Cc1ccccc1F. The molecule has 0 unspecified atom stereocenters. The first-order chi connectivity index (χ1) is 11.1. The van der Waals surface area contributed by atoms with Crippen LogP contribution in [0.2, 0.25) is 0 Å². The Morgan fingerprint density at radius 3 is 2.26 bits per heavy atom. The molecule has 0 radical (unpaired) electrons. The van der Waals surface area contributed by atoms with Crippen molar-refractivity contribution in [2.75, 3.05) is 27.2 Å². The summed E-state index contributed by atoms with van der Waals surface area (Å²) in [6.45, 7) is 1.94. The highest BCUT2D eigenvalue weighted by Gasteiger charge is 2.16. The molecule has 2 rings (SSSR count). The van der Waals surface area contributed by atoms with Gasteiger partial charge in [0, 0.05) is 19.6 Å². The quantitative estimate of drug-likeness (QED) is 0.784. The molecule has 0 N–H and O–H groups in total. The number of amides is 1. The summed E-state index contributed by atoms with van der Waals surface area (Å²) in [6.07, 6.45) is 0.0902. The molecule has 0 bridgehead atoms. The zero-order chi connectivity index (χ0) is 16.7. The van der Waals surface area contributed by atoms with E-state index >= 15 is 0 Å². The minimum atomic E-state index is -0.326. The molecule has 0 saturated heterocycles. The second-order valence-corrected chi connectivity index (χ2v) is 5.87. The summed E-state index contributed by atoms with van der Waals surface area (Å²) in [5.74, 6) is -0.381. The van der Waals surface area contributed by atoms with Gasteiger partial charge in [-0.25, -0.2) is 4.39 Å². The lowest BCUT2D eigenvalue weighted by Gasteiger charge is -2.25. The molecule has 0 aromatic heterocycles. The molecule has 1 amide bonds. The Morgan fingerprint density at radius 2 is 1.61 bits per heavy atom. The Balaban J connectivity index is 2.09. The number of nitrogens with zero attached hydrogens (tertiary/aromatic N) is 2. The van der Waals surface area contributed by atoms with E-state index in [-0.39, 0.29) is 18.1 Å². The largest absolute Gasteiger partial charge is 0.337 e. The number of carbonyl (C=O) groups excluding carboxylic acids is 1. The first-order valence-corrected chi connectivity index (χ1v) is 7.76. The van der Waals surface area contributed by atoms with Crippen LogP contribution in [0.4, 0.5) is 4.39 Å². The Labute approximate surface area is 137 Å². The minimum Gasteiger partial charge on any atom is -0.337 e. The zero-order valence-electron chi connectivity index (χ0n) is 13.7. The van der Waals surface area contributed by atoms with Crippen LogP contribution in [0.1, 0.15) is 11.1 Å². The molecular weight excluding hydrogens is 291 g/mol. The van der Waals surface area contributed by atoms with Gasteiger partial charge < -0.3 is 9.80 Å². The van der Waals surface area contributed by atoms with Crippen molar-refractivity contribution in [3.63, 3.8) is 0 Å². The van der Waals surface area contributed by atoms with Gasteiger partial charge in [0.1, 0.15) is 5.82 Å². The van der Waals surface area contributed by atoms with Crippen LogP contribution >= 0.6 is 0 Å². The van der Waals surface area contributed by atoms with E-state index in [9.17, 15) is 9.18 Å². The summed E-state index contributed by atoms with van der Waals surface area (Å²) < 4.78 is 13.8. The highest BCUT2D eigenvalue weighted by Crippen LogP contribution is 2.11. The molecular formula is C19H23FN2O. The fraction of sp³-hybridized carbons (Fsp3) is 0.316. The number of hydrogen-bond acceptors (Lipinski definition) is 2. The standard InChI is InChI=1S/C19H23FN2O/c1-21(2)12-13-22(15-16-8-4-3-5-9-16)19(23)14-17-10-6-7-11-18(17)20/h3-11H,12-15H2,1-2H3. The fourth-order valence-electron chi connectivity index (χ4n) is 2.33. The van der Waals surface area contributed by atoms with E-state index in [0.717, 1.165) is 12.1 Å². The molecule has 23 heavy (non-hydrogen) atoms. The Bertz CT molecular complexity index is 628. The predicted octanol–water partition coefficient (Wildman–Crippen LogP) is 2.96. The van der Waals surface area contributed by atoms with E-state index in [1.54, 1.807) is 23.1 Å². The van der Waals surface area contributed by atoms with Gasteiger partial charge in [-0.1, -0.05) is 48.5 Å². The number of hydrogen-bond donors (Lipinski definition) is 0. The summed E-state index contributed by atoms with van der Waals surface area (Å²) in [5.41, 5.74) is 1.52. The average molecular weight is 314 g/mol. The molecule has 0 atom stereocenters. The van der Waals surface area contributed by atoms with Gasteiger partial charge in [0.2, 0.25) is 5.91 Å². The molecule has 2 aromatic rings. The maximum absolute atomic E-state index is 13.8. The van der Waals surface area contributed by atoms with E-state index < -0.39 is 0 Å². The normalized spacial score (nSPS) is 10.8. The molecule has 0 aliphatic rings. The van der Waals surface area contributed by atoms with E-state index in [2.05, 4.69) is 0 Å². The third-order valence-electron chi connectivity index (χ3n) is 3.69. The summed E-state index contributed by atoms with van der Waals surface area (Å²) >= 11 is 0. The Morgan fingerprint density at radius 1 is 0.957 bits per heavy atom. The van der Waals surface area contributed by atoms with Crippen molar-refractivity contribution in [3.8, 4) is 0 Å². The fourth-order valence-corrected chi connectivity index (χ4v) is 2.33. The highest BCUT2D eigenvalue weighted by atomic mass is 19.1. The smallest absolute Gasteiger partial charge is 0.227 e. The molecule has 0 aliphatic carbocycles. The molecule has 0 aliphatic heterocycles. The van der Waals surface area contributed by atoms with Crippen molar-refractivity contribution >= 4 is 5.91 Å². The van der Waals surface area contributed by atoms with Gasteiger partial charge in [-0.2, -0.15) is 0 Å². The Hall–Kier alpha value is -2.20. The van der Waals surface area contributed by atoms with Gasteiger partial charge in [-0.3, -0.25) is 4.79 Å². The molecule has 0 spiro atoms. The molecule has 4 heteroatoms. The molecule has 0 heterocycles. The lowest BCUT2D eigenvalue weighted by Crippen LogP contribution is -2.37. The number of benzene rings is 2. The summed E-state index contributed by atoms with van der Waals surface area (Å²) in [5, 5.41) is 0. The van der Waals surface area contributed by atoms with Crippen molar-refractivity contribution in [2.24, 2.45) is 0 Å². The average Bonchev–Trinajstić information content (AvgIpc) is 2.54. The van der Waals surface area contributed by atoms with Crippen LogP contribution in [0.3, 0.4) is 0 Å². The molecule has 2 aromatic carbocycles. The minimum absolute atomic E-state index is 0.0548. The molecule has 122 valence electrons. The number of rotatable bonds is 7. The van der Waals surface area contributed by atoms with Crippen LogP contribution in [0, 0.1) is 5.82 Å². The second kappa shape index (κ2) is 8.44. The van der Waals surface area contributed by atoms with Crippen LogP contribution in [0.5, 0.6) is 0 Å². The third kappa shape index (κ3) is 5.49. The first kappa shape index (κ1) is 17.2. The van der Waals surface area contributed by atoms with E-state index in [0.29, 0.717) is 18.7 Å². The van der Waals surface area contributed by atoms with Crippen molar-refractivity contribution in [3.05, 3.63) is 71.5 Å². The maximum atomic E-state index is 13.8. The zero-order valence-corrected chi connectivity index (χ0v) is 13.7. The van der Waals surface area contributed by atoms with Crippen molar-refractivity contribution in [1.29, 1.82) is 0 Å². The van der Waals surface area contributed by atoms with Gasteiger partial charge in [0.15, 0.2) is 0 Å². The number of carbonyl (C=O) groups is 1. The van der Waals surface area contributed by atoms with Crippen molar-refractivity contribution in [1.82, 2.24) is 9.80 Å². The molecule has 0 fully saturated rings. The van der Waals surface area contributed by atoms with Gasteiger partial charge in [0.05, 0.1) is 6.42 Å². The summed E-state index contributed by atoms with van der Waals surface area (Å²) in [7, 11) is 3.95. The van der Waals surface area contributed by atoms with Gasteiger partial charge in [0.25, 0.3) is 0 Å². The van der Waals surface area contributed by atoms with Gasteiger partial charge >= 0.3 is 0 Å². The topological polar surface area (TPSA) is 23.6 Å². The van der Waals surface area contributed by atoms with Crippen LogP contribution in [-0.2, 0) is 17.8 Å².